The first-order valence-corrected chi connectivity index (χ1v) is 6.39. The van der Waals surface area contributed by atoms with Crippen LogP contribution < -0.4 is 5.73 Å². The number of rotatable bonds is 5. The third-order valence-corrected chi connectivity index (χ3v) is 3.32. The van der Waals surface area contributed by atoms with Crippen LogP contribution in [0.3, 0.4) is 0 Å². The molecule has 2 N–H and O–H groups in total. The molecule has 0 atom stereocenters. The van der Waals surface area contributed by atoms with E-state index in [1.165, 1.54) is 24.9 Å². The molecule has 0 unspecified atom stereocenters. The van der Waals surface area contributed by atoms with Gasteiger partial charge in [-0.15, -0.1) is 11.8 Å². The van der Waals surface area contributed by atoms with E-state index in [0.717, 1.165) is 18.4 Å². The number of thioether (sulfide) groups is 1. The highest BCUT2D eigenvalue weighted by molar-refractivity contribution is 7.99. The standard InChI is InChI=1S/C12H17FN2O2S/c1-15(2)4-5-18-11-6-8(12(16)17-3)10(14)7-9(11)13/h6-7H,4-5,14H2,1-3H3. The zero-order chi connectivity index (χ0) is 13.7. The van der Waals surface area contributed by atoms with Crippen molar-refractivity contribution in [2.45, 2.75) is 4.90 Å². The SMILES string of the molecule is COC(=O)c1cc(SCCN(C)C)c(F)cc1N. The third-order valence-electron chi connectivity index (χ3n) is 2.31. The Morgan fingerprint density at radius 1 is 1.50 bits per heavy atom. The number of nitrogen functional groups attached to an aromatic ring is 1. The summed E-state index contributed by atoms with van der Waals surface area (Å²) in [5, 5.41) is 0. The number of carbonyl (C=O) groups is 1. The van der Waals surface area contributed by atoms with Gasteiger partial charge in [0, 0.05) is 22.9 Å². The highest BCUT2D eigenvalue weighted by Gasteiger charge is 2.14. The molecule has 0 amide bonds. The van der Waals surface area contributed by atoms with E-state index in [0.29, 0.717) is 4.90 Å². The second kappa shape index (κ2) is 6.61. The summed E-state index contributed by atoms with van der Waals surface area (Å²) in [7, 11) is 5.16. The van der Waals surface area contributed by atoms with Crippen LogP contribution in [-0.4, -0.2) is 44.4 Å². The molecule has 1 rings (SSSR count). The van der Waals surface area contributed by atoms with Gasteiger partial charge in [-0.1, -0.05) is 0 Å². The lowest BCUT2D eigenvalue weighted by Gasteiger charge is -2.11. The van der Waals surface area contributed by atoms with Crippen molar-refractivity contribution in [2.75, 3.05) is 39.2 Å². The summed E-state index contributed by atoms with van der Waals surface area (Å²) >= 11 is 1.35. The molecule has 0 bridgehead atoms. The lowest BCUT2D eigenvalue weighted by atomic mass is 10.2. The normalized spacial score (nSPS) is 10.7. The van der Waals surface area contributed by atoms with Gasteiger partial charge < -0.3 is 15.4 Å². The molecule has 6 heteroatoms. The van der Waals surface area contributed by atoms with Gasteiger partial charge in [-0.25, -0.2) is 9.18 Å². The number of halogens is 1. The molecule has 0 radical (unpaired) electrons. The van der Waals surface area contributed by atoms with Crippen LogP contribution in [0.25, 0.3) is 0 Å². The number of methoxy groups -OCH3 is 1. The number of ether oxygens (including phenoxy) is 1. The number of anilines is 1. The van der Waals surface area contributed by atoms with Crippen LogP contribution in [0.4, 0.5) is 10.1 Å². The van der Waals surface area contributed by atoms with Gasteiger partial charge in [0.1, 0.15) is 5.82 Å². The Bertz CT molecular complexity index is 438. The molecule has 0 fully saturated rings. The van der Waals surface area contributed by atoms with E-state index >= 15 is 0 Å². The largest absolute Gasteiger partial charge is 0.465 e. The van der Waals surface area contributed by atoms with Gasteiger partial charge in [0.2, 0.25) is 0 Å². The molecule has 4 nitrogen and oxygen atoms in total. The van der Waals surface area contributed by atoms with Gasteiger partial charge >= 0.3 is 5.97 Å². The average Bonchev–Trinajstić information content (AvgIpc) is 2.30. The lowest BCUT2D eigenvalue weighted by Crippen LogP contribution is -2.15. The molecule has 0 heterocycles. The van der Waals surface area contributed by atoms with E-state index in [1.807, 2.05) is 19.0 Å². The van der Waals surface area contributed by atoms with Crippen LogP contribution in [0.5, 0.6) is 0 Å². The molecule has 18 heavy (non-hydrogen) atoms. The minimum Gasteiger partial charge on any atom is -0.465 e. The number of hydrogen-bond donors (Lipinski definition) is 1. The maximum Gasteiger partial charge on any atom is 0.339 e. The fourth-order valence-electron chi connectivity index (χ4n) is 1.30. The highest BCUT2D eigenvalue weighted by atomic mass is 32.2. The van der Waals surface area contributed by atoms with E-state index in [2.05, 4.69) is 4.74 Å². The monoisotopic (exact) mass is 272 g/mol. The molecule has 0 aromatic heterocycles. The maximum atomic E-state index is 13.7. The zero-order valence-electron chi connectivity index (χ0n) is 10.7. The van der Waals surface area contributed by atoms with Crippen molar-refractivity contribution in [2.24, 2.45) is 0 Å². The number of nitrogens with zero attached hydrogens (tertiary/aromatic N) is 1. The number of nitrogens with two attached hydrogens (primary N) is 1. The Balaban J connectivity index is 2.88. The first-order chi connectivity index (χ1) is 8.45. The first kappa shape index (κ1) is 14.8. The molecule has 0 aliphatic carbocycles. The van der Waals surface area contributed by atoms with Crippen LogP contribution in [0.15, 0.2) is 17.0 Å². The molecular weight excluding hydrogens is 255 g/mol. The van der Waals surface area contributed by atoms with Gasteiger partial charge in [0.05, 0.1) is 12.7 Å². The molecule has 100 valence electrons. The molecule has 0 saturated heterocycles. The maximum absolute atomic E-state index is 13.7. The number of esters is 1. The molecule has 0 aliphatic heterocycles. The summed E-state index contributed by atoms with van der Waals surface area (Å²) in [6.07, 6.45) is 0. The zero-order valence-corrected chi connectivity index (χ0v) is 11.5. The van der Waals surface area contributed by atoms with Crippen molar-refractivity contribution in [3.63, 3.8) is 0 Å². The Hall–Kier alpha value is -1.27. The average molecular weight is 272 g/mol. The summed E-state index contributed by atoms with van der Waals surface area (Å²) in [4.78, 5) is 13.8. The molecule has 0 saturated carbocycles. The molecule has 1 aromatic carbocycles. The first-order valence-electron chi connectivity index (χ1n) is 5.40. The third kappa shape index (κ3) is 3.89. The highest BCUT2D eigenvalue weighted by Crippen LogP contribution is 2.27. The number of benzene rings is 1. The van der Waals surface area contributed by atoms with Gasteiger partial charge in [-0.05, 0) is 26.2 Å². The van der Waals surface area contributed by atoms with Crippen molar-refractivity contribution in [1.82, 2.24) is 4.90 Å². The van der Waals surface area contributed by atoms with E-state index < -0.39 is 11.8 Å². The quantitative estimate of drug-likeness (QED) is 0.503. The second-order valence-corrected chi connectivity index (χ2v) is 5.15. The van der Waals surface area contributed by atoms with Crippen molar-refractivity contribution in [3.05, 3.63) is 23.5 Å². The van der Waals surface area contributed by atoms with Crippen molar-refractivity contribution in [1.29, 1.82) is 0 Å². The van der Waals surface area contributed by atoms with Crippen LogP contribution in [-0.2, 0) is 4.74 Å². The van der Waals surface area contributed by atoms with Gasteiger partial charge in [0.25, 0.3) is 0 Å². The van der Waals surface area contributed by atoms with Crippen LogP contribution in [0.2, 0.25) is 0 Å². The predicted molar refractivity (Wildman–Crippen MR) is 71.4 cm³/mol. The molecular formula is C12H17FN2O2S. The van der Waals surface area contributed by atoms with E-state index in [9.17, 15) is 9.18 Å². The topological polar surface area (TPSA) is 55.6 Å². The summed E-state index contributed by atoms with van der Waals surface area (Å²) in [6.45, 7) is 0.821. The minimum absolute atomic E-state index is 0.0938. The van der Waals surface area contributed by atoms with Gasteiger partial charge in [0.15, 0.2) is 0 Å². The van der Waals surface area contributed by atoms with E-state index in [1.54, 1.807) is 0 Å². The lowest BCUT2D eigenvalue weighted by molar-refractivity contribution is 0.0601. The Morgan fingerprint density at radius 3 is 2.72 bits per heavy atom. The number of hydrogen-bond acceptors (Lipinski definition) is 5. The van der Waals surface area contributed by atoms with E-state index in [4.69, 9.17) is 5.73 Å². The minimum atomic E-state index is -0.554. The summed E-state index contributed by atoms with van der Waals surface area (Å²) in [6, 6.07) is 2.60. The molecule has 0 aliphatic rings. The smallest absolute Gasteiger partial charge is 0.339 e. The predicted octanol–water partition coefficient (Wildman–Crippen LogP) is 1.85. The summed E-state index contributed by atoms with van der Waals surface area (Å²) in [5.41, 5.74) is 5.88. The van der Waals surface area contributed by atoms with Crippen LogP contribution in [0.1, 0.15) is 10.4 Å². The fourth-order valence-corrected chi connectivity index (χ4v) is 2.38. The summed E-state index contributed by atoms with van der Waals surface area (Å²) in [5.74, 6) is -0.236. The Labute approximate surface area is 110 Å². The van der Waals surface area contributed by atoms with E-state index in [-0.39, 0.29) is 11.3 Å². The van der Waals surface area contributed by atoms with Crippen LogP contribution >= 0.6 is 11.8 Å². The number of carbonyl (C=O) groups excluding carboxylic acids is 1. The fraction of sp³-hybridized carbons (Fsp3) is 0.417. The Morgan fingerprint density at radius 2 is 2.17 bits per heavy atom. The van der Waals surface area contributed by atoms with Crippen molar-refractivity contribution >= 4 is 23.4 Å². The van der Waals surface area contributed by atoms with Crippen LogP contribution in [0, 0.1) is 5.82 Å². The van der Waals surface area contributed by atoms with Crippen molar-refractivity contribution < 1.29 is 13.9 Å². The van der Waals surface area contributed by atoms with Crippen molar-refractivity contribution in [3.8, 4) is 0 Å². The molecule has 1 aromatic rings. The summed E-state index contributed by atoms with van der Waals surface area (Å²) < 4.78 is 18.3. The molecule has 0 spiro atoms. The van der Waals surface area contributed by atoms with Gasteiger partial charge in [-0.2, -0.15) is 0 Å². The second-order valence-electron chi connectivity index (χ2n) is 4.01. The van der Waals surface area contributed by atoms with Gasteiger partial charge in [-0.3, -0.25) is 0 Å². The Kier molecular flexibility index (Phi) is 5.43.